The maximum Gasteiger partial charge on any atom is 0.241 e. The SMILES string of the molecule is Cc1cccc(Oc2nccnc2C2CCN(C(=O)C3CC3)CC2)c1. The van der Waals surface area contributed by atoms with Crippen LogP contribution in [0.15, 0.2) is 36.7 Å². The van der Waals surface area contributed by atoms with Gasteiger partial charge in [-0.3, -0.25) is 9.78 Å². The van der Waals surface area contributed by atoms with Crippen molar-refractivity contribution < 1.29 is 9.53 Å². The van der Waals surface area contributed by atoms with Crippen LogP contribution in [-0.4, -0.2) is 33.9 Å². The van der Waals surface area contributed by atoms with Crippen LogP contribution in [0.4, 0.5) is 0 Å². The Morgan fingerprint density at radius 2 is 1.88 bits per heavy atom. The standard InChI is InChI=1S/C20H23N3O2/c1-14-3-2-4-17(13-14)25-19-18(21-9-10-22-19)15-7-11-23(12-8-15)20(24)16-5-6-16/h2-4,9-10,13,15-16H,5-8,11-12H2,1H3. The zero-order valence-electron chi connectivity index (χ0n) is 14.5. The summed E-state index contributed by atoms with van der Waals surface area (Å²) in [5.74, 6) is 2.29. The third-order valence-electron chi connectivity index (χ3n) is 5.02. The topological polar surface area (TPSA) is 55.3 Å². The lowest BCUT2D eigenvalue weighted by Crippen LogP contribution is -2.39. The Labute approximate surface area is 148 Å². The van der Waals surface area contributed by atoms with Gasteiger partial charge in [-0.15, -0.1) is 0 Å². The Hall–Kier alpha value is -2.43. The van der Waals surface area contributed by atoms with E-state index in [0.29, 0.717) is 17.7 Å². The van der Waals surface area contributed by atoms with Crippen molar-refractivity contribution in [3.63, 3.8) is 0 Å². The molecule has 0 spiro atoms. The van der Waals surface area contributed by atoms with E-state index in [0.717, 1.165) is 55.8 Å². The summed E-state index contributed by atoms with van der Waals surface area (Å²) >= 11 is 0. The van der Waals surface area contributed by atoms with E-state index in [1.807, 2.05) is 36.1 Å². The number of likely N-dealkylation sites (tertiary alicyclic amines) is 1. The molecule has 2 fully saturated rings. The van der Waals surface area contributed by atoms with Crippen LogP contribution < -0.4 is 4.74 Å². The van der Waals surface area contributed by atoms with Gasteiger partial charge in [0.15, 0.2) is 0 Å². The third-order valence-corrected chi connectivity index (χ3v) is 5.02. The minimum absolute atomic E-state index is 0.289. The number of nitrogens with zero attached hydrogens (tertiary/aromatic N) is 3. The molecule has 2 aromatic rings. The lowest BCUT2D eigenvalue weighted by molar-refractivity contribution is -0.133. The summed E-state index contributed by atoms with van der Waals surface area (Å²) < 4.78 is 6.01. The van der Waals surface area contributed by atoms with Gasteiger partial charge >= 0.3 is 0 Å². The highest BCUT2D eigenvalue weighted by molar-refractivity contribution is 5.81. The Bertz CT molecular complexity index is 765. The molecule has 1 amide bonds. The Kier molecular flexibility index (Phi) is 4.38. The number of carbonyl (C=O) groups excluding carboxylic acids is 1. The van der Waals surface area contributed by atoms with E-state index in [9.17, 15) is 4.79 Å². The molecular weight excluding hydrogens is 314 g/mol. The van der Waals surface area contributed by atoms with Crippen LogP contribution in [0.2, 0.25) is 0 Å². The maximum absolute atomic E-state index is 12.2. The van der Waals surface area contributed by atoms with E-state index in [-0.39, 0.29) is 5.92 Å². The zero-order valence-corrected chi connectivity index (χ0v) is 14.5. The molecule has 5 nitrogen and oxygen atoms in total. The number of carbonyl (C=O) groups is 1. The molecule has 4 rings (SSSR count). The second kappa shape index (κ2) is 6.82. The van der Waals surface area contributed by atoms with Crippen LogP contribution in [0.1, 0.15) is 42.9 Å². The fraction of sp³-hybridized carbons (Fsp3) is 0.450. The second-order valence-corrected chi connectivity index (χ2v) is 7.04. The lowest BCUT2D eigenvalue weighted by atomic mass is 9.93. The predicted octanol–water partition coefficient (Wildman–Crippen LogP) is 3.69. The summed E-state index contributed by atoms with van der Waals surface area (Å²) in [6.07, 6.45) is 7.36. The minimum Gasteiger partial charge on any atom is -0.437 e. The van der Waals surface area contributed by atoms with Gasteiger partial charge in [-0.25, -0.2) is 4.98 Å². The molecule has 0 radical (unpaired) electrons. The quantitative estimate of drug-likeness (QED) is 0.854. The fourth-order valence-electron chi connectivity index (χ4n) is 3.45. The number of benzene rings is 1. The number of aromatic nitrogens is 2. The van der Waals surface area contributed by atoms with E-state index in [1.54, 1.807) is 12.4 Å². The van der Waals surface area contributed by atoms with Crippen LogP contribution in [0.25, 0.3) is 0 Å². The van der Waals surface area contributed by atoms with E-state index in [4.69, 9.17) is 4.74 Å². The highest BCUT2D eigenvalue weighted by Gasteiger charge is 2.35. The summed E-state index contributed by atoms with van der Waals surface area (Å²) in [6.45, 7) is 3.65. The summed E-state index contributed by atoms with van der Waals surface area (Å²) in [7, 11) is 0. The van der Waals surface area contributed by atoms with Gasteiger partial charge in [-0.2, -0.15) is 0 Å². The van der Waals surface area contributed by atoms with Crippen molar-refractivity contribution in [2.45, 2.75) is 38.5 Å². The summed E-state index contributed by atoms with van der Waals surface area (Å²) in [5, 5.41) is 0. The molecule has 130 valence electrons. The first-order chi connectivity index (χ1) is 12.2. The maximum atomic E-state index is 12.2. The summed E-state index contributed by atoms with van der Waals surface area (Å²) in [5.41, 5.74) is 2.05. The van der Waals surface area contributed by atoms with Gasteiger partial charge < -0.3 is 9.64 Å². The first-order valence-corrected chi connectivity index (χ1v) is 9.05. The van der Waals surface area contributed by atoms with Crippen molar-refractivity contribution in [1.82, 2.24) is 14.9 Å². The number of hydrogen-bond acceptors (Lipinski definition) is 4. The smallest absolute Gasteiger partial charge is 0.241 e. The first kappa shape index (κ1) is 16.1. The normalized spacial score (nSPS) is 18.2. The Morgan fingerprint density at radius 3 is 2.60 bits per heavy atom. The molecule has 1 aliphatic heterocycles. The van der Waals surface area contributed by atoms with Gasteiger partial charge in [0.1, 0.15) is 11.4 Å². The predicted molar refractivity (Wildman–Crippen MR) is 94.6 cm³/mol. The molecule has 1 aliphatic carbocycles. The van der Waals surface area contributed by atoms with Gasteiger partial charge in [0, 0.05) is 37.3 Å². The number of ether oxygens (including phenoxy) is 1. The Balaban J connectivity index is 1.47. The Morgan fingerprint density at radius 1 is 1.12 bits per heavy atom. The average Bonchev–Trinajstić information content (AvgIpc) is 3.47. The average molecular weight is 337 g/mol. The molecule has 1 aromatic carbocycles. The minimum atomic E-state index is 0.289. The van der Waals surface area contributed by atoms with Crippen molar-refractivity contribution in [2.24, 2.45) is 5.92 Å². The first-order valence-electron chi connectivity index (χ1n) is 9.05. The van der Waals surface area contributed by atoms with Gasteiger partial charge in [-0.05, 0) is 50.3 Å². The van der Waals surface area contributed by atoms with Crippen LogP contribution in [0, 0.1) is 12.8 Å². The zero-order chi connectivity index (χ0) is 17.2. The van der Waals surface area contributed by atoms with Crippen molar-refractivity contribution in [1.29, 1.82) is 0 Å². The molecule has 0 atom stereocenters. The number of aryl methyl sites for hydroxylation is 1. The summed E-state index contributed by atoms with van der Waals surface area (Å²) in [6, 6.07) is 7.94. The van der Waals surface area contributed by atoms with Gasteiger partial charge in [0.05, 0.1) is 0 Å². The van der Waals surface area contributed by atoms with Gasteiger partial charge in [0.2, 0.25) is 11.8 Å². The molecule has 1 aromatic heterocycles. The second-order valence-electron chi connectivity index (χ2n) is 7.04. The van der Waals surface area contributed by atoms with E-state index in [1.165, 1.54) is 0 Å². The largest absolute Gasteiger partial charge is 0.437 e. The highest BCUT2D eigenvalue weighted by atomic mass is 16.5. The summed E-state index contributed by atoms with van der Waals surface area (Å²) in [4.78, 5) is 23.2. The number of rotatable bonds is 4. The highest BCUT2D eigenvalue weighted by Crippen LogP contribution is 2.36. The number of hydrogen-bond donors (Lipinski definition) is 0. The molecule has 2 heterocycles. The molecule has 25 heavy (non-hydrogen) atoms. The van der Waals surface area contributed by atoms with Crippen molar-refractivity contribution in [3.8, 4) is 11.6 Å². The lowest BCUT2D eigenvalue weighted by Gasteiger charge is -2.32. The third kappa shape index (κ3) is 3.65. The van der Waals surface area contributed by atoms with Crippen molar-refractivity contribution in [2.75, 3.05) is 13.1 Å². The molecule has 1 saturated heterocycles. The molecule has 0 unspecified atom stereocenters. The molecular formula is C20H23N3O2. The number of amides is 1. The van der Waals surface area contributed by atoms with Gasteiger partial charge in [-0.1, -0.05) is 12.1 Å². The van der Waals surface area contributed by atoms with Crippen LogP contribution in [-0.2, 0) is 4.79 Å². The van der Waals surface area contributed by atoms with Crippen molar-refractivity contribution in [3.05, 3.63) is 47.9 Å². The molecule has 0 bridgehead atoms. The van der Waals surface area contributed by atoms with Crippen LogP contribution >= 0.6 is 0 Å². The van der Waals surface area contributed by atoms with Crippen LogP contribution in [0.5, 0.6) is 11.6 Å². The fourth-order valence-corrected chi connectivity index (χ4v) is 3.45. The molecule has 1 saturated carbocycles. The molecule has 0 N–H and O–H groups in total. The van der Waals surface area contributed by atoms with Gasteiger partial charge in [0.25, 0.3) is 0 Å². The van der Waals surface area contributed by atoms with E-state index >= 15 is 0 Å². The number of piperidine rings is 1. The molecule has 2 aliphatic rings. The van der Waals surface area contributed by atoms with Crippen LogP contribution in [0.3, 0.4) is 0 Å². The monoisotopic (exact) mass is 337 g/mol. The van der Waals surface area contributed by atoms with E-state index < -0.39 is 0 Å². The van der Waals surface area contributed by atoms with E-state index in [2.05, 4.69) is 9.97 Å². The molecule has 5 heteroatoms. The van der Waals surface area contributed by atoms with Crippen molar-refractivity contribution >= 4 is 5.91 Å².